The number of fused-ring (bicyclic) bond motifs is 1. The number of carboxylic acid groups (broad SMARTS) is 1. The van der Waals surface area contributed by atoms with Crippen molar-refractivity contribution in [2.45, 2.75) is 63.7 Å². The van der Waals surface area contributed by atoms with Crippen LogP contribution in [0.5, 0.6) is 0 Å². The van der Waals surface area contributed by atoms with Gasteiger partial charge in [-0.05, 0) is 56.7 Å². The predicted molar refractivity (Wildman–Crippen MR) is 126 cm³/mol. The number of carboxylic acids is 1. The number of carbonyl (C=O) groups excluding carboxylic acids is 2. The summed E-state index contributed by atoms with van der Waals surface area (Å²) >= 11 is 0. The van der Waals surface area contributed by atoms with E-state index in [2.05, 4.69) is 6.58 Å². The lowest BCUT2D eigenvalue weighted by atomic mass is 9.65. The maximum Gasteiger partial charge on any atom is 0.310 e. The number of anilines is 1. The van der Waals surface area contributed by atoms with E-state index >= 15 is 0 Å². The quantitative estimate of drug-likeness (QED) is 0.537. The second-order valence-corrected chi connectivity index (χ2v) is 9.81. The molecule has 2 N–H and O–H groups in total. The van der Waals surface area contributed by atoms with Gasteiger partial charge in [0.15, 0.2) is 0 Å². The number of rotatable bonds is 9. The maximum atomic E-state index is 14.3. The molecule has 2 bridgehead atoms. The van der Waals surface area contributed by atoms with Gasteiger partial charge in [-0.2, -0.15) is 0 Å². The minimum atomic E-state index is -1.19. The lowest BCUT2D eigenvalue weighted by molar-refractivity contribution is -0.155. The summed E-state index contributed by atoms with van der Waals surface area (Å²) in [6.45, 7) is 9.83. The van der Waals surface area contributed by atoms with E-state index in [1.807, 2.05) is 39.0 Å². The van der Waals surface area contributed by atoms with Gasteiger partial charge in [0.2, 0.25) is 5.91 Å². The van der Waals surface area contributed by atoms with Crippen LogP contribution in [0.2, 0.25) is 0 Å². The first kappa shape index (κ1) is 24.4. The highest BCUT2D eigenvalue weighted by atomic mass is 16.5. The van der Waals surface area contributed by atoms with E-state index in [4.69, 9.17) is 4.74 Å². The summed E-state index contributed by atoms with van der Waals surface area (Å²) in [7, 11) is 0. The zero-order valence-electron chi connectivity index (χ0n) is 20.1. The number of benzene rings is 1. The highest BCUT2D eigenvalue weighted by Gasteiger charge is 2.79. The van der Waals surface area contributed by atoms with Gasteiger partial charge in [-0.3, -0.25) is 14.4 Å². The number of carbonyl (C=O) groups is 3. The van der Waals surface area contributed by atoms with Crippen molar-refractivity contribution in [1.29, 1.82) is 0 Å². The zero-order valence-corrected chi connectivity index (χ0v) is 20.1. The number of aliphatic hydroxyl groups excluding tert-OH is 1. The lowest BCUT2D eigenvalue weighted by Gasteiger charge is -2.37. The molecular formula is C26H34N2O6. The number of amides is 2. The first-order valence-electron chi connectivity index (χ1n) is 12.0. The topological polar surface area (TPSA) is 107 Å². The first-order chi connectivity index (χ1) is 16.2. The Labute approximate surface area is 200 Å². The Morgan fingerprint density at radius 2 is 2.06 bits per heavy atom. The highest BCUT2D eigenvalue weighted by Crippen LogP contribution is 2.64. The normalized spacial score (nSPS) is 31.6. The van der Waals surface area contributed by atoms with Crippen LogP contribution in [0.3, 0.4) is 0 Å². The summed E-state index contributed by atoms with van der Waals surface area (Å²) in [5.41, 5.74) is 0.487. The second kappa shape index (κ2) is 8.82. The van der Waals surface area contributed by atoms with Crippen molar-refractivity contribution in [1.82, 2.24) is 4.90 Å². The molecule has 1 aromatic carbocycles. The van der Waals surface area contributed by atoms with E-state index in [1.54, 1.807) is 11.0 Å². The standard InChI is InChI=1S/C26H34N2O6/c1-5-12-27(18-15-16(3)8-9-17(18)4)23(31)21-26-11-10-25(6-2,34-26)20(24(32)33)19(26)22(30)28(21)13-7-14-29/h5,8-9,15,19-21,29H,1,6-7,10-14H2,2-4H3,(H,32,33)/t19-,20+,21?,25-,26?/m0/s1. The van der Waals surface area contributed by atoms with Gasteiger partial charge in [0.1, 0.15) is 17.6 Å². The number of ether oxygens (including phenoxy) is 1. The molecule has 184 valence electrons. The second-order valence-electron chi connectivity index (χ2n) is 9.81. The molecule has 2 amide bonds. The summed E-state index contributed by atoms with van der Waals surface area (Å²) in [6, 6.07) is 4.89. The van der Waals surface area contributed by atoms with E-state index in [-0.39, 0.29) is 31.5 Å². The molecule has 3 heterocycles. The molecule has 3 aliphatic rings. The molecule has 8 heteroatoms. The molecule has 3 saturated heterocycles. The third-order valence-electron chi connectivity index (χ3n) is 7.97. The van der Waals surface area contributed by atoms with Crippen LogP contribution < -0.4 is 4.90 Å². The minimum absolute atomic E-state index is 0.141. The summed E-state index contributed by atoms with van der Waals surface area (Å²) in [5.74, 6) is -3.65. The van der Waals surface area contributed by atoms with Gasteiger partial charge >= 0.3 is 5.97 Å². The van der Waals surface area contributed by atoms with Crippen molar-refractivity contribution < 1.29 is 29.3 Å². The minimum Gasteiger partial charge on any atom is -0.481 e. The number of aryl methyl sites for hydroxylation is 2. The van der Waals surface area contributed by atoms with Gasteiger partial charge in [-0.25, -0.2) is 0 Å². The van der Waals surface area contributed by atoms with E-state index in [0.717, 1.165) is 16.8 Å². The molecule has 8 nitrogen and oxygen atoms in total. The Balaban J connectivity index is 1.84. The van der Waals surface area contributed by atoms with E-state index in [9.17, 15) is 24.6 Å². The van der Waals surface area contributed by atoms with Gasteiger partial charge in [0.05, 0.1) is 11.5 Å². The number of hydrogen-bond donors (Lipinski definition) is 2. The molecule has 0 aliphatic carbocycles. The molecule has 34 heavy (non-hydrogen) atoms. The van der Waals surface area contributed by atoms with Gasteiger partial charge in [-0.1, -0.05) is 25.1 Å². The van der Waals surface area contributed by atoms with Crippen molar-refractivity contribution in [3.63, 3.8) is 0 Å². The smallest absolute Gasteiger partial charge is 0.310 e. The molecule has 3 fully saturated rings. The molecule has 3 aliphatic heterocycles. The Morgan fingerprint density at radius 3 is 2.68 bits per heavy atom. The van der Waals surface area contributed by atoms with Crippen LogP contribution in [-0.4, -0.2) is 69.8 Å². The van der Waals surface area contributed by atoms with Gasteiger partial charge in [0, 0.05) is 25.4 Å². The average Bonchev–Trinajstić information content (AvgIpc) is 3.41. The number of aliphatic hydroxyl groups is 1. The van der Waals surface area contributed by atoms with Crippen molar-refractivity contribution >= 4 is 23.5 Å². The Bertz CT molecular complexity index is 1020. The zero-order chi connectivity index (χ0) is 24.8. The van der Waals surface area contributed by atoms with Crippen LogP contribution in [0, 0.1) is 25.7 Å². The fraction of sp³-hybridized carbons (Fsp3) is 0.577. The van der Waals surface area contributed by atoms with Gasteiger partial charge < -0.3 is 24.7 Å². The lowest BCUT2D eigenvalue weighted by Crippen LogP contribution is -2.56. The summed E-state index contributed by atoms with van der Waals surface area (Å²) < 4.78 is 6.55. The average molecular weight is 471 g/mol. The van der Waals surface area contributed by atoms with Crippen molar-refractivity contribution in [2.75, 3.05) is 24.6 Å². The molecule has 2 unspecified atom stereocenters. The monoisotopic (exact) mass is 470 g/mol. The van der Waals surface area contributed by atoms with Gasteiger partial charge in [-0.15, -0.1) is 6.58 Å². The van der Waals surface area contributed by atoms with Crippen LogP contribution in [0.4, 0.5) is 5.69 Å². The fourth-order valence-corrected chi connectivity index (χ4v) is 6.45. The Morgan fingerprint density at radius 1 is 1.32 bits per heavy atom. The maximum absolute atomic E-state index is 14.3. The van der Waals surface area contributed by atoms with E-state index < -0.39 is 35.0 Å². The number of nitrogens with zero attached hydrogens (tertiary/aromatic N) is 2. The predicted octanol–water partition coefficient (Wildman–Crippen LogP) is 2.44. The number of hydrogen-bond acceptors (Lipinski definition) is 5. The molecule has 0 aromatic heterocycles. The molecule has 1 spiro atoms. The molecule has 1 aromatic rings. The summed E-state index contributed by atoms with van der Waals surface area (Å²) in [5, 5.41) is 19.6. The molecular weight excluding hydrogens is 436 g/mol. The van der Waals surface area contributed by atoms with Crippen molar-refractivity contribution in [2.24, 2.45) is 11.8 Å². The van der Waals surface area contributed by atoms with Crippen LogP contribution in [0.25, 0.3) is 0 Å². The number of aliphatic carboxylic acids is 1. The molecule has 0 radical (unpaired) electrons. The Hall–Kier alpha value is -2.71. The van der Waals surface area contributed by atoms with Crippen LogP contribution in [0.15, 0.2) is 30.9 Å². The fourth-order valence-electron chi connectivity index (χ4n) is 6.45. The molecule has 0 saturated carbocycles. The van der Waals surface area contributed by atoms with Crippen molar-refractivity contribution in [3.8, 4) is 0 Å². The SMILES string of the molecule is C=CCN(C(=O)C1N(CCCO)C(=O)[C@@H]2[C@H](C(=O)O)[C@]3(CC)CCC12O3)c1cc(C)ccc1C. The number of likely N-dealkylation sites (tertiary alicyclic amines) is 1. The van der Waals surface area contributed by atoms with Crippen molar-refractivity contribution in [3.05, 3.63) is 42.0 Å². The molecule has 5 atom stereocenters. The summed E-state index contributed by atoms with van der Waals surface area (Å²) in [4.78, 5) is 43.5. The van der Waals surface area contributed by atoms with Crippen LogP contribution in [-0.2, 0) is 19.1 Å². The van der Waals surface area contributed by atoms with E-state index in [1.165, 1.54) is 4.90 Å². The van der Waals surface area contributed by atoms with Gasteiger partial charge in [0.25, 0.3) is 5.91 Å². The van der Waals surface area contributed by atoms with E-state index in [0.29, 0.717) is 25.7 Å². The Kier molecular flexibility index (Phi) is 6.33. The summed E-state index contributed by atoms with van der Waals surface area (Å²) in [6.07, 6.45) is 3.33. The highest BCUT2D eigenvalue weighted by molar-refractivity contribution is 6.05. The largest absolute Gasteiger partial charge is 0.481 e. The van der Waals surface area contributed by atoms with Crippen LogP contribution in [0.1, 0.15) is 43.7 Å². The first-order valence-corrected chi connectivity index (χ1v) is 12.0. The third-order valence-corrected chi connectivity index (χ3v) is 7.97. The third kappa shape index (κ3) is 3.38. The molecule has 4 rings (SSSR count). The van der Waals surface area contributed by atoms with Crippen LogP contribution >= 0.6 is 0 Å².